The first kappa shape index (κ1) is 21.0. The summed E-state index contributed by atoms with van der Waals surface area (Å²) in [6, 6.07) is 9.03. The number of aryl methyl sites for hydroxylation is 1. The van der Waals surface area contributed by atoms with Crippen LogP contribution in [0.5, 0.6) is 0 Å². The summed E-state index contributed by atoms with van der Waals surface area (Å²) in [5.74, 6) is -0.299. The third-order valence-electron chi connectivity index (χ3n) is 5.14. The van der Waals surface area contributed by atoms with Gasteiger partial charge in [-0.3, -0.25) is 9.88 Å². The minimum absolute atomic E-state index is 0.135. The van der Waals surface area contributed by atoms with Crippen molar-refractivity contribution < 1.29 is 13.9 Å². The van der Waals surface area contributed by atoms with Crippen LogP contribution in [0.15, 0.2) is 36.5 Å². The summed E-state index contributed by atoms with van der Waals surface area (Å²) in [5, 5.41) is 3.10. The molecule has 1 saturated heterocycles. The first-order chi connectivity index (χ1) is 14.0. The number of nitrogens with zero attached hydrogens (tertiary/aromatic N) is 3. The van der Waals surface area contributed by atoms with Gasteiger partial charge in [-0.25, -0.2) is 9.18 Å². The van der Waals surface area contributed by atoms with Crippen molar-refractivity contribution >= 4 is 17.5 Å². The number of amides is 1. The number of ether oxygens (including phenoxy) is 1. The summed E-state index contributed by atoms with van der Waals surface area (Å²) < 4.78 is 19.5. The molecule has 1 fully saturated rings. The van der Waals surface area contributed by atoms with Crippen LogP contribution in [0.2, 0.25) is 0 Å². The van der Waals surface area contributed by atoms with Crippen molar-refractivity contribution in [3.63, 3.8) is 0 Å². The molecule has 0 bridgehead atoms. The maximum absolute atomic E-state index is 14.3. The van der Waals surface area contributed by atoms with Gasteiger partial charge in [0.25, 0.3) is 0 Å². The van der Waals surface area contributed by atoms with Crippen molar-refractivity contribution in [3.8, 4) is 0 Å². The Bertz CT molecular complexity index is 828. The van der Waals surface area contributed by atoms with E-state index >= 15 is 0 Å². The molecule has 6 nitrogen and oxygen atoms in total. The molecule has 1 atom stereocenters. The molecular formula is C22H29FN4O2. The summed E-state index contributed by atoms with van der Waals surface area (Å²) in [7, 11) is 1.79. The van der Waals surface area contributed by atoms with Crippen LogP contribution in [0.3, 0.4) is 0 Å². The second-order valence-corrected chi connectivity index (χ2v) is 7.53. The van der Waals surface area contributed by atoms with Crippen LogP contribution in [0, 0.1) is 12.7 Å². The summed E-state index contributed by atoms with van der Waals surface area (Å²) in [6.07, 6.45) is 3.15. The Morgan fingerprint density at radius 3 is 2.93 bits per heavy atom. The fraction of sp³-hybridized carbons (Fsp3) is 0.455. The van der Waals surface area contributed by atoms with Crippen molar-refractivity contribution in [1.82, 2.24) is 14.8 Å². The molecule has 0 saturated carbocycles. The molecule has 156 valence electrons. The number of halogens is 1. The van der Waals surface area contributed by atoms with Gasteiger partial charge < -0.3 is 15.0 Å². The quantitative estimate of drug-likeness (QED) is 0.750. The van der Waals surface area contributed by atoms with Gasteiger partial charge >= 0.3 is 6.09 Å². The highest BCUT2D eigenvalue weighted by Crippen LogP contribution is 2.24. The molecular weight excluding hydrogens is 371 g/mol. The van der Waals surface area contributed by atoms with Crippen LogP contribution in [0.25, 0.3) is 0 Å². The van der Waals surface area contributed by atoms with Crippen LogP contribution < -0.4 is 5.32 Å². The molecule has 1 amide bonds. The molecule has 2 aromatic rings. The molecule has 3 rings (SSSR count). The lowest BCUT2D eigenvalue weighted by Crippen LogP contribution is -2.39. The molecule has 1 aliphatic rings. The number of anilines is 2. The number of nitrogens with one attached hydrogen (secondary N) is 1. The first-order valence-corrected chi connectivity index (χ1v) is 10.1. The number of likely N-dealkylation sites (N-methyl/N-ethyl adjacent to an activating group) is 1. The lowest BCUT2D eigenvalue weighted by Gasteiger charge is -2.24. The summed E-state index contributed by atoms with van der Waals surface area (Å²) in [4.78, 5) is 20.3. The van der Waals surface area contributed by atoms with E-state index < -0.39 is 0 Å². The second-order valence-electron chi connectivity index (χ2n) is 7.53. The zero-order chi connectivity index (χ0) is 20.8. The Balaban J connectivity index is 1.59. The first-order valence-electron chi connectivity index (χ1n) is 10.1. The fourth-order valence-corrected chi connectivity index (χ4v) is 3.43. The minimum atomic E-state index is -0.299. The number of carbonyl (C=O) groups is 1. The zero-order valence-electron chi connectivity index (χ0n) is 17.3. The SMILES string of the molecule is CCCOC(=O)N(C)[C@@H]1CCN(Cc2ccc(F)c(Nc3ccc(C)nc3)c2)C1. The number of likely N-dealkylation sites (tertiary alicyclic amines) is 1. The van der Waals surface area contributed by atoms with Crippen molar-refractivity contribution in [3.05, 3.63) is 53.6 Å². The second kappa shape index (κ2) is 9.69. The standard InChI is InChI=1S/C22H29FN4O2/c1-4-11-29-22(28)26(3)19-9-10-27(15-19)14-17-6-8-20(23)21(12-17)25-18-7-5-16(2)24-13-18/h5-8,12-13,19,25H,4,9-11,14-15H2,1-3H3/t19-/m1/s1. The van der Waals surface area contributed by atoms with Gasteiger partial charge in [0, 0.05) is 38.4 Å². The van der Waals surface area contributed by atoms with E-state index in [1.165, 1.54) is 6.07 Å². The lowest BCUT2D eigenvalue weighted by atomic mass is 10.1. The number of benzene rings is 1. The molecule has 1 aromatic carbocycles. The highest BCUT2D eigenvalue weighted by Gasteiger charge is 2.29. The number of hydrogen-bond acceptors (Lipinski definition) is 5. The number of hydrogen-bond donors (Lipinski definition) is 1. The highest BCUT2D eigenvalue weighted by atomic mass is 19.1. The zero-order valence-corrected chi connectivity index (χ0v) is 17.3. The highest BCUT2D eigenvalue weighted by molar-refractivity contribution is 5.67. The van der Waals surface area contributed by atoms with Gasteiger partial charge in [0.1, 0.15) is 5.82 Å². The van der Waals surface area contributed by atoms with Crippen LogP contribution in [0.4, 0.5) is 20.6 Å². The van der Waals surface area contributed by atoms with Crippen LogP contribution in [0.1, 0.15) is 31.0 Å². The molecule has 0 radical (unpaired) electrons. The largest absolute Gasteiger partial charge is 0.449 e. The van der Waals surface area contributed by atoms with E-state index in [-0.39, 0.29) is 18.0 Å². The molecule has 1 aromatic heterocycles. The van der Waals surface area contributed by atoms with Gasteiger partial charge in [-0.05, 0) is 49.6 Å². The van der Waals surface area contributed by atoms with Gasteiger partial charge in [0.2, 0.25) is 0 Å². The molecule has 0 aliphatic carbocycles. The van der Waals surface area contributed by atoms with E-state index in [1.807, 2.05) is 32.0 Å². The van der Waals surface area contributed by atoms with Gasteiger partial charge in [-0.1, -0.05) is 13.0 Å². The Hall–Kier alpha value is -2.67. The number of aromatic nitrogens is 1. The van der Waals surface area contributed by atoms with Crippen LogP contribution >= 0.6 is 0 Å². The Labute approximate surface area is 171 Å². The predicted molar refractivity (Wildman–Crippen MR) is 112 cm³/mol. The lowest BCUT2D eigenvalue weighted by molar-refractivity contribution is 0.0975. The van der Waals surface area contributed by atoms with Gasteiger partial charge in [0.15, 0.2) is 0 Å². The third kappa shape index (κ3) is 5.67. The average Bonchev–Trinajstić information content (AvgIpc) is 3.18. The van der Waals surface area contributed by atoms with Crippen molar-refractivity contribution in [2.75, 3.05) is 32.1 Å². The minimum Gasteiger partial charge on any atom is -0.449 e. The van der Waals surface area contributed by atoms with Gasteiger partial charge in [-0.15, -0.1) is 0 Å². The van der Waals surface area contributed by atoms with Gasteiger partial charge in [0.05, 0.1) is 24.2 Å². The summed E-state index contributed by atoms with van der Waals surface area (Å²) in [5.41, 5.74) is 3.12. The average molecular weight is 400 g/mol. The predicted octanol–water partition coefficient (Wildman–Crippen LogP) is 4.33. The molecule has 1 aliphatic heterocycles. The van der Waals surface area contributed by atoms with Crippen LogP contribution in [-0.4, -0.2) is 53.7 Å². The number of pyridine rings is 1. The van der Waals surface area contributed by atoms with E-state index in [0.29, 0.717) is 18.8 Å². The van der Waals surface area contributed by atoms with Crippen molar-refractivity contribution in [2.24, 2.45) is 0 Å². The number of carbonyl (C=O) groups excluding carboxylic acids is 1. The Morgan fingerprint density at radius 1 is 1.38 bits per heavy atom. The Kier molecular flexibility index (Phi) is 7.04. The van der Waals surface area contributed by atoms with Crippen molar-refractivity contribution in [1.29, 1.82) is 0 Å². The molecule has 0 spiro atoms. The smallest absolute Gasteiger partial charge is 0.409 e. The maximum atomic E-state index is 14.3. The van der Waals surface area contributed by atoms with Crippen LogP contribution in [-0.2, 0) is 11.3 Å². The Morgan fingerprint density at radius 2 is 2.21 bits per heavy atom. The molecule has 29 heavy (non-hydrogen) atoms. The van der Waals surface area contributed by atoms with E-state index in [4.69, 9.17) is 4.74 Å². The van der Waals surface area contributed by atoms with E-state index in [0.717, 1.165) is 42.9 Å². The van der Waals surface area contributed by atoms with E-state index in [2.05, 4.69) is 15.2 Å². The summed E-state index contributed by atoms with van der Waals surface area (Å²) >= 11 is 0. The molecule has 1 N–H and O–H groups in total. The number of rotatable bonds is 7. The molecule has 7 heteroatoms. The molecule has 2 heterocycles. The maximum Gasteiger partial charge on any atom is 0.409 e. The summed E-state index contributed by atoms with van der Waals surface area (Å²) in [6.45, 7) is 6.70. The molecule has 0 unspecified atom stereocenters. The van der Waals surface area contributed by atoms with E-state index in [9.17, 15) is 9.18 Å². The van der Waals surface area contributed by atoms with Crippen molar-refractivity contribution in [2.45, 2.75) is 39.3 Å². The fourth-order valence-electron chi connectivity index (χ4n) is 3.43. The van der Waals surface area contributed by atoms with E-state index in [1.54, 1.807) is 24.2 Å². The monoisotopic (exact) mass is 400 g/mol. The topological polar surface area (TPSA) is 57.7 Å². The third-order valence-corrected chi connectivity index (χ3v) is 5.14. The normalized spacial score (nSPS) is 16.6. The van der Waals surface area contributed by atoms with Gasteiger partial charge in [-0.2, -0.15) is 0 Å².